The van der Waals surface area contributed by atoms with E-state index in [0.717, 1.165) is 5.56 Å². The molecule has 0 spiro atoms. The molecular weight excluding hydrogens is 396 g/mol. The number of amides is 2. The van der Waals surface area contributed by atoms with Gasteiger partial charge in [0.05, 0.1) is 12.0 Å². The molecule has 0 saturated heterocycles. The van der Waals surface area contributed by atoms with Crippen molar-refractivity contribution in [3.63, 3.8) is 0 Å². The number of aliphatic hydroxyl groups excluding tert-OH is 1. The van der Waals surface area contributed by atoms with Crippen molar-refractivity contribution in [2.75, 3.05) is 11.4 Å². The fraction of sp³-hybridized carbons (Fsp3) is 0.250. The zero-order valence-electron chi connectivity index (χ0n) is 17.2. The van der Waals surface area contributed by atoms with E-state index in [4.69, 9.17) is 9.15 Å². The van der Waals surface area contributed by atoms with Crippen LogP contribution in [0.15, 0.2) is 71.3 Å². The summed E-state index contributed by atoms with van der Waals surface area (Å²) in [4.78, 5) is 27.0. The third-order valence-electron chi connectivity index (χ3n) is 5.22. The average molecular weight is 420 g/mol. The first-order chi connectivity index (χ1) is 15.1. The molecular formula is C24H24N2O5. The van der Waals surface area contributed by atoms with Gasteiger partial charge in [-0.15, -0.1) is 0 Å². The lowest BCUT2D eigenvalue weighted by Crippen LogP contribution is -2.49. The highest BCUT2D eigenvalue weighted by molar-refractivity contribution is 6.03. The Morgan fingerprint density at radius 1 is 1.16 bits per heavy atom. The van der Waals surface area contributed by atoms with Crippen molar-refractivity contribution in [3.8, 4) is 5.75 Å². The van der Waals surface area contributed by atoms with Crippen LogP contribution in [0.3, 0.4) is 0 Å². The zero-order chi connectivity index (χ0) is 21.8. The molecule has 31 heavy (non-hydrogen) atoms. The third-order valence-corrected chi connectivity index (χ3v) is 5.22. The van der Waals surface area contributed by atoms with E-state index < -0.39 is 12.2 Å². The summed E-state index contributed by atoms with van der Waals surface area (Å²) < 4.78 is 11.1. The number of benzene rings is 2. The average Bonchev–Trinajstić information content (AvgIpc) is 3.34. The molecule has 0 saturated carbocycles. The highest BCUT2D eigenvalue weighted by atomic mass is 16.5. The molecule has 1 aliphatic heterocycles. The van der Waals surface area contributed by atoms with E-state index in [1.54, 1.807) is 30.3 Å². The van der Waals surface area contributed by atoms with Gasteiger partial charge in [-0.3, -0.25) is 14.5 Å². The number of hydrogen-bond acceptors (Lipinski definition) is 5. The summed E-state index contributed by atoms with van der Waals surface area (Å²) in [5.41, 5.74) is 1.96. The molecule has 2 aromatic carbocycles. The van der Waals surface area contributed by atoms with Gasteiger partial charge in [0.2, 0.25) is 5.91 Å². The molecule has 0 bridgehead atoms. The van der Waals surface area contributed by atoms with Gasteiger partial charge in [0.1, 0.15) is 24.2 Å². The Balaban J connectivity index is 1.56. The maximum atomic E-state index is 13.0. The van der Waals surface area contributed by atoms with Crippen molar-refractivity contribution in [2.45, 2.75) is 32.1 Å². The minimum atomic E-state index is -0.993. The summed E-state index contributed by atoms with van der Waals surface area (Å²) in [5.74, 6) is 0.325. The van der Waals surface area contributed by atoms with Gasteiger partial charge in [0.15, 0.2) is 6.10 Å². The molecule has 1 aliphatic rings. The van der Waals surface area contributed by atoms with E-state index in [9.17, 15) is 14.7 Å². The van der Waals surface area contributed by atoms with Crippen LogP contribution in [0, 0.1) is 0 Å². The van der Waals surface area contributed by atoms with Crippen LogP contribution in [-0.4, -0.2) is 29.6 Å². The molecule has 0 unspecified atom stereocenters. The Morgan fingerprint density at radius 3 is 2.68 bits per heavy atom. The Labute approximate surface area is 180 Å². The van der Waals surface area contributed by atoms with E-state index in [-0.39, 0.29) is 18.4 Å². The van der Waals surface area contributed by atoms with Crippen LogP contribution in [0.4, 0.5) is 5.69 Å². The second-order valence-corrected chi connectivity index (χ2v) is 7.35. The van der Waals surface area contributed by atoms with Crippen molar-refractivity contribution in [3.05, 3.63) is 83.8 Å². The first kappa shape index (κ1) is 20.7. The number of ether oxygens (including phenoxy) is 1. The summed E-state index contributed by atoms with van der Waals surface area (Å²) >= 11 is 0. The maximum Gasteiger partial charge on any atom is 0.268 e. The molecule has 2 heterocycles. The third kappa shape index (κ3) is 4.46. The van der Waals surface area contributed by atoms with Crippen molar-refractivity contribution < 1.29 is 23.8 Å². The minimum Gasteiger partial charge on any atom is -0.478 e. The Hall–Kier alpha value is -3.58. The fourth-order valence-corrected chi connectivity index (χ4v) is 3.54. The number of carbonyl (C=O) groups excluding carboxylic acids is 2. The molecule has 2 N–H and O–H groups in total. The highest BCUT2D eigenvalue weighted by Gasteiger charge is 2.35. The molecule has 3 aromatic rings. The van der Waals surface area contributed by atoms with Crippen LogP contribution in [0.25, 0.3) is 0 Å². The first-order valence-corrected chi connectivity index (χ1v) is 10.2. The number of rotatable bonds is 7. The Morgan fingerprint density at radius 2 is 1.97 bits per heavy atom. The topological polar surface area (TPSA) is 92.0 Å². The molecule has 0 aliphatic carbocycles. The number of fused-ring (bicyclic) bond motifs is 1. The van der Waals surface area contributed by atoms with Gasteiger partial charge in [-0.05, 0) is 41.8 Å². The van der Waals surface area contributed by atoms with Gasteiger partial charge in [0.25, 0.3) is 5.91 Å². The number of nitrogens with one attached hydrogen (secondary N) is 1. The number of nitrogens with zero attached hydrogens (tertiary/aromatic N) is 1. The molecule has 7 nitrogen and oxygen atoms in total. The summed E-state index contributed by atoms with van der Waals surface area (Å²) in [7, 11) is 0. The lowest BCUT2D eigenvalue weighted by molar-refractivity contribution is -0.129. The zero-order valence-corrected chi connectivity index (χ0v) is 17.2. The van der Waals surface area contributed by atoms with Crippen molar-refractivity contribution in [2.24, 2.45) is 0 Å². The SMILES string of the molecule is CC[C@@H]1Oc2ccc([C@@H](O)c3ccco3)cc2N(CC(=O)NCc2ccccc2)C1=O. The molecule has 2 atom stereocenters. The monoisotopic (exact) mass is 420 g/mol. The number of furan rings is 1. The number of aliphatic hydroxyl groups is 1. The van der Waals surface area contributed by atoms with Gasteiger partial charge < -0.3 is 19.6 Å². The smallest absolute Gasteiger partial charge is 0.268 e. The van der Waals surface area contributed by atoms with E-state index in [2.05, 4.69) is 5.32 Å². The van der Waals surface area contributed by atoms with Crippen LogP contribution < -0.4 is 15.0 Å². The summed E-state index contributed by atoms with van der Waals surface area (Å²) in [5, 5.41) is 13.5. The van der Waals surface area contributed by atoms with E-state index in [0.29, 0.717) is 35.7 Å². The van der Waals surface area contributed by atoms with Gasteiger partial charge in [-0.2, -0.15) is 0 Å². The standard InChI is InChI=1S/C24H24N2O5/c1-2-19-24(29)26(15-22(27)25-14-16-7-4-3-5-8-16)18-13-17(10-11-20(18)31-19)23(28)21-9-6-12-30-21/h3-13,19,23,28H,2,14-15H2,1H3,(H,25,27)/t19-,23+/m0/s1. The maximum absolute atomic E-state index is 13.0. The molecule has 4 rings (SSSR count). The quantitative estimate of drug-likeness (QED) is 0.613. The number of anilines is 1. The lowest BCUT2D eigenvalue weighted by atomic mass is 10.0. The Bertz CT molecular complexity index is 1050. The summed E-state index contributed by atoms with van der Waals surface area (Å²) in [6, 6.07) is 18.0. The summed E-state index contributed by atoms with van der Waals surface area (Å²) in [6.07, 6.45) is 0.319. The van der Waals surface area contributed by atoms with E-state index in [1.165, 1.54) is 11.2 Å². The largest absolute Gasteiger partial charge is 0.478 e. The van der Waals surface area contributed by atoms with Crippen LogP contribution in [0.2, 0.25) is 0 Å². The lowest BCUT2D eigenvalue weighted by Gasteiger charge is -2.34. The number of hydrogen-bond donors (Lipinski definition) is 2. The fourth-order valence-electron chi connectivity index (χ4n) is 3.54. The highest BCUT2D eigenvalue weighted by Crippen LogP contribution is 2.37. The van der Waals surface area contributed by atoms with Crippen LogP contribution >= 0.6 is 0 Å². The molecule has 1 aromatic heterocycles. The van der Waals surface area contributed by atoms with Gasteiger partial charge in [0, 0.05) is 6.54 Å². The molecule has 0 radical (unpaired) electrons. The van der Waals surface area contributed by atoms with Gasteiger partial charge in [-0.1, -0.05) is 43.3 Å². The number of carbonyl (C=O) groups is 2. The second-order valence-electron chi connectivity index (χ2n) is 7.35. The Kier molecular flexibility index (Phi) is 6.04. The molecule has 160 valence electrons. The van der Waals surface area contributed by atoms with Gasteiger partial charge >= 0.3 is 0 Å². The molecule has 7 heteroatoms. The van der Waals surface area contributed by atoms with Crippen LogP contribution in [0.1, 0.15) is 36.3 Å². The van der Waals surface area contributed by atoms with E-state index >= 15 is 0 Å². The van der Waals surface area contributed by atoms with Crippen LogP contribution in [0.5, 0.6) is 5.75 Å². The van der Waals surface area contributed by atoms with E-state index in [1.807, 2.05) is 37.3 Å². The second kappa shape index (κ2) is 9.06. The predicted molar refractivity (Wildman–Crippen MR) is 115 cm³/mol. The minimum absolute atomic E-state index is 0.140. The normalized spacial score (nSPS) is 16.4. The van der Waals surface area contributed by atoms with Gasteiger partial charge in [-0.25, -0.2) is 0 Å². The molecule has 2 amide bonds. The van der Waals surface area contributed by atoms with Crippen molar-refractivity contribution in [1.29, 1.82) is 0 Å². The molecule has 0 fully saturated rings. The van der Waals surface area contributed by atoms with Crippen molar-refractivity contribution in [1.82, 2.24) is 5.32 Å². The van der Waals surface area contributed by atoms with Crippen LogP contribution in [-0.2, 0) is 16.1 Å². The van der Waals surface area contributed by atoms with Crippen molar-refractivity contribution >= 4 is 17.5 Å². The predicted octanol–water partition coefficient (Wildman–Crippen LogP) is 3.18. The first-order valence-electron chi connectivity index (χ1n) is 10.2. The summed E-state index contributed by atoms with van der Waals surface area (Å²) in [6.45, 7) is 2.09.